The van der Waals surface area contributed by atoms with E-state index in [-0.39, 0.29) is 5.70 Å². The summed E-state index contributed by atoms with van der Waals surface area (Å²) in [4.78, 5) is 28.2. The smallest absolute Gasteiger partial charge is 0.282 e. The zero-order valence-corrected chi connectivity index (χ0v) is 18.2. The van der Waals surface area contributed by atoms with E-state index in [0.717, 1.165) is 16.0 Å². The fraction of sp³-hybridized carbons (Fsp3) is 0.120. The molecule has 1 N–H and O–H groups in total. The van der Waals surface area contributed by atoms with Gasteiger partial charge in [0.15, 0.2) is 0 Å². The van der Waals surface area contributed by atoms with E-state index in [1.54, 1.807) is 43.5 Å². The fourth-order valence-electron chi connectivity index (χ4n) is 3.72. The lowest BCUT2D eigenvalue weighted by Gasteiger charge is -2.16. The number of imide groups is 1. The minimum Gasteiger partial charge on any atom is -0.495 e. The molecule has 0 radical (unpaired) electrons. The lowest BCUT2D eigenvalue weighted by Crippen LogP contribution is -2.32. The first kappa shape index (κ1) is 20.7. The molecule has 0 saturated heterocycles. The Hall–Kier alpha value is -3.57. The summed E-state index contributed by atoms with van der Waals surface area (Å²) in [7, 11) is 1.56. The molecule has 1 aliphatic heterocycles. The number of carbonyl (C=O) groups is 2. The molecule has 3 aromatic carbocycles. The monoisotopic (exact) mass is 432 g/mol. The van der Waals surface area contributed by atoms with Gasteiger partial charge >= 0.3 is 0 Å². The van der Waals surface area contributed by atoms with Crippen LogP contribution in [0.5, 0.6) is 5.75 Å². The maximum Gasteiger partial charge on any atom is 0.282 e. The van der Waals surface area contributed by atoms with Crippen LogP contribution in [0.3, 0.4) is 0 Å². The SMILES string of the molecule is COc1ccccc1NC1=C(c2ccc(C)cc2C)C(=O)N(c2cccc(Cl)c2)C1=O. The van der Waals surface area contributed by atoms with Crippen LogP contribution in [0.25, 0.3) is 5.57 Å². The summed E-state index contributed by atoms with van der Waals surface area (Å²) in [5.74, 6) is -0.291. The van der Waals surface area contributed by atoms with Crippen LogP contribution in [0.2, 0.25) is 5.02 Å². The Bertz CT molecular complexity index is 1230. The third-order valence-electron chi connectivity index (χ3n) is 5.17. The first-order valence-corrected chi connectivity index (χ1v) is 10.1. The van der Waals surface area contributed by atoms with Crippen LogP contribution in [0.4, 0.5) is 11.4 Å². The number of aryl methyl sites for hydroxylation is 2. The first-order valence-electron chi connectivity index (χ1n) is 9.77. The molecule has 2 amide bonds. The molecule has 5 nitrogen and oxygen atoms in total. The van der Waals surface area contributed by atoms with Crippen molar-refractivity contribution >= 4 is 40.4 Å². The van der Waals surface area contributed by atoms with Gasteiger partial charge in [-0.1, -0.05) is 53.6 Å². The summed E-state index contributed by atoms with van der Waals surface area (Å²) >= 11 is 6.13. The number of nitrogens with zero attached hydrogens (tertiary/aromatic N) is 1. The van der Waals surface area contributed by atoms with E-state index < -0.39 is 11.8 Å². The number of methoxy groups -OCH3 is 1. The van der Waals surface area contributed by atoms with Gasteiger partial charge in [0.05, 0.1) is 24.1 Å². The van der Waals surface area contributed by atoms with E-state index in [1.165, 1.54) is 0 Å². The molecule has 0 atom stereocenters. The van der Waals surface area contributed by atoms with Crippen molar-refractivity contribution in [3.63, 3.8) is 0 Å². The average Bonchev–Trinajstić information content (AvgIpc) is 2.98. The molecule has 0 saturated carbocycles. The molecule has 0 bridgehead atoms. The molecule has 0 fully saturated rings. The number of para-hydroxylation sites is 2. The number of ether oxygens (including phenoxy) is 1. The number of hydrogen-bond donors (Lipinski definition) is 1. The van der Waals surface area contributed by atoms with Gasteiger partial charge in [-0.15, -0.1) is 0 Å². The van der Waals surface area contributed by atoms with Gasteiger partial charge in [0.1, 0.15) is 11.4 Å². The van der Waals surface area contributed by atoms with Crippen molar-refractivity contribution in [2.45, 2.75) is 13.8 Å². The molecule has 0 spiro atoms. The molecule has 0 aliphatic carbocycles. The molecule has 0 aromatic heterocycles. The van der Waals surface area contributed by atoms with Gasteiger partial charge in [0.25, 0.3) is 11.8 Å². The summed E-state index contributed by atoms with van der Waals surface area (Å²) in [5, 5.41) is 3.60. The second-order valence-corrected chi connectivity index (χ2v) is 7.76. The zero-order chi connectivity index (χ0) is 22.1. The van der Waals surface area contributed by atoms with Crippen molar-refractivity contribution < 1.29 is 14.3 Å². The Kier molecular flexibility index (Phi) is 5.53. The van der Waals surface area contributed by atoms with E-state index in [4.69, 9.17) is 16.3 Å². The van der Waals surface area contributed by atoms with E-state index in [9.17, 15) is 9.59 Å². The lowest BCUT2D eigenvalue weighted by atomic mass is 9.97. The zero-order valence-electron chi connectivity index (χ0n) is 17.4. The van der Waals surface area contributed by atoms with Crippen molar-refractivity contribution in [2.75, 3.05) is 17.3 Å². The van der Waals surface area contributed by atoms with Crippen molar-refractivity contribution in [3.05, 3.63) is 94.1 Å². The number of hydrogen-bond acceptors (Lipinski definition) is 4. The van der Waals surface area contributed by atoms with Crippen LogP contribution in [-0.4, -0.2) is 18.9 Å². The van der Waals surface area contributed by atoms with Gasteiger partial charge in [-0.2, -0.15) is 0 Å². The maximum atomic E-state index is 13.6. The van der Waals surface area contributed by atoms with Gasteiger partial charge in [-0.05, 0) is 55.3 Å². The molecular weight excluding hydrogens is 412 g/mol. The summed E-state index contributed by atoms with van der Waals surface area (Å²) in [6, 6.07) is 19.7. The third-order valence-corrected chi connectivity index (χ3v) is 5.40. The number of nitrogens with one attached hydrogen (secondary N) is 1. The Morgan fingerprint density at radius 3 is 2.39 bits per heavy atom. The minimum absolute atomic E-state index is 0.196. The Labute approximate surface area is 185 Å². The van der Waals surface area contributed by atoms with Crippen LogP contribution in [0, 0.1) is 13.8 Å². The van der Waals surface area contributed by atoms with E-state index in [2.05, 4.69) is 5.32 Å². The molecule has 1 aliphatic rings. The standard InChI is InChI=1S/C25H21ClN2O3/c1-15-11-12-19(16(2)13-15)22-23(27-20-9-4-5-10-21(20)31-3)25(30)28(24(22)29)18-8-6-7-17(26)14-18/h4-14,27H,1-3H3. The second-order valence-electron chi connectivity index (χ2n) is 7.32. The maximum absolute atomic E-state index is 13.6. The van der Waals surface area contributed by atoms with Crippen molar-refractivity contribution in [1.82, 2.24) is 0 Å². The molecule has 4 rings (SSSR count). The third kappa shape index (κ3) is 3.80. The lowest BCUT2D eigenvalue weighted by molar-refractivity contribution is -0.120. The number of rotatable bonds is 5. The van der Waals surface area contributed by atoms with Crippen LogP contribution in [0.1, 0.15) is 16.7 Å². The molecular formula is C25H21ClN2O3. The molecule has 0 unspecified atom stereocenters. The summed E-state index contributed by atoms with van der Waals surface area (Å²) in [6.45, 7) is 3.91. The summed E-state index contributed by atoms with van der Waals surface area (Å²) in [6.07, 6.45) is 0. The largest absolute Gasteiger partial charge is 0.495 e. The van der Waals surface area contributed by atoms with Crippen molar-refractivity contribution in [3.8, 4) is 5.75 Å². The van der Waals surface area contributed by atoms with Crippen LogP contribution in [-0.2, 0) is 9.59 Å². The van der Waals surface area contributed by atoms with Crippen LogP contribution in [0.15, 0.2) is 72.4 Å². The predicted molar refractivity (Wildman–Crippen MR) is 123 cm³/mol. The van der Waals surface area contributed by atoms with Gasteiger partial charge in [-0.25, -0.2) is 4.90 Å². The van der Waals surface area contributed by atoms with Crippen molar-refractivity contribution in [1.29, 1.82) is 0 Å². The average molecular weight is 433 g/mol. The highest BCUT2D eigenvalue weighted by Gasteiger charge is 2.41. The van der Waals surface area contributed by atoms with Crippen LogP contribution >= 0.6 is 11.6 Å². The number of carbonyl (C=O) groups excluding carboxylic acids is 2. The first-order chi connectivity index (χ1) is 14.9. The quantitative estimate of drug-likeness (QED) is 0.551. The highest BCUT2D eigenvalue weighted by atomic mass is 35.5. The second kappa shape index (κ2) is 8.28. The van der Waals surface area contributed by atoms with Crippen LogP contribution < -0.4 is 15.0 Å². The Morgan fingerprint density at radius 1 is 0.903 bits per heavy atom. The molecule has 6 heteroatoms. The van der Waals surface area contributed by atoms with Gasteiger partial charge < -0.3 is 10.1 Å². The minimum atomic E-state index is -0.451. The Morgan fingerprint density at radius 2 is 1.68 bits per heavy atom. The highest BCUT2D eigenvalue weighted by Crippen LogP contribution is 2.37. The predicted octanol–water partition coefficient (Wildman–Crippen LogP) is 5.36. The molecule has 31 heavy (non-hydrogen) atoms. The molecule has 1 heterocycles. The number of amides is 2. The van der Waals surface area contributed by atoms with E-state index in [0.29, 0.717) is 33.3 Å². The van der Waals surface area contributed by atoms with E-state index in [1.807, 2.05) is 44.2 Å². The van der Waals surface area contributed by atoms with E-state index >= 15 is 0 Å². The topological polar surface area (TPSA) is 58.6 Å². The molecule has 3 aromatic rings. The normalized spacial score (nSPS) is 13.7. The summed E-state index contributed by atoms with van der Waals surface area (Å²) < 4.78 is 5.41. The van der Waals surface area contributed by atoms with Gasteiger partial charge in [0, 0.05) is 5.02 Å². The van der Waals surface area contributed by atoms with Crippen molar-refractivity contribution in [2.24, 2.45) is 0 Å². The fourth-order valence-corrected chi connectivity index (χ4v) is 3.91. The molecule has 156 valence electrons. The Balaban J connectivity index is 1.88. The number of anilines is 2. The highest BCUT2D eigenvalue weighted by molar-refractivity contribution is 6.46. The number of benzene rings is 3. The number of halogens is 1. The van der Waals surface area contributed by atoms with Gasteiger partial charge in [0.2, 0.25) is 0 Å². The van der Waals surface area contributed by atoms with Gasteiger partial charge in [-0.3, -0.25) is 9.59 Å². The summed E-state index contributed by atoms with van der Waals surface area (Å²) in [5.41, 5.74) is 4.20.